The number of nitrogens with zero attached hydrogens (tertiary/aromatic N) is 3. The van der Waals surface area contributed by atoms with E-state index < -0.39 is 0 Å². The van der Waals surface area contributed by atoms with Crippen molar-refractivity contribution in [1.29, 1.82) is 0 Å². The molecule has 0 aromatic carbocycles. The van der Waals surface area contributed by atoms with Gasteiger partial charge in [0.15, 0.2) is 0 Å². The number of ether oxygens (including phenoxy) is 1. The Balaban J connectivity index is 1.59. The van der Waals surface area contributed by atoms with Gasteiger partial charge in [0.1, 0.15) is 5.82 Å². The molecule has 1 aromatic rings. The lowest BCUT2D eigenvalue weighted by molar-refractivity contribution is -0.0302. The van der Waals surface area contributed by atoms with Crippen LogP contribution in [0.25, 0.3) is 0 Å². The molecule has 6 nitrogen and oxygen atoms in total. The van der Waals surface area contributed by atoms with Crippen LogP contribution in [0.1, 0.15) is 12.8 Å². The number of rotatable bonds is 5. The average Bonchev–Trinajstić information content (AvgIpc) is 3.32. The Morgan fingerprint density at radius 3 is 3.00 bits per heavy atom. The van der Waals surface area contributed by atoms with E-state index >= 15 is 0 Å². The molecule has 2 heterocycles. The molecule has 120 valence electrons. The molecule has 1 saturated heterocycles. The number of carbonyl (C=O) groups excluding carboxylic acids is 1. The van der Waals surface area contributed by atoms with Crippen molar-refractivity contribution in [2.75, 3.05) is 45.2 Å². The van der Waals surface area contributed by atoms with Crippen molar-refractivity contribution in [2.24, 2.45) is 5.92 Å². The minimum atomic E-state index is -0.0811. The van der Waals surface area contributed by atoms with Gasteiger partial charge in [-0.15, -0.1) is 0 Å². The van der Waals surface area contributed by atoms with Crippen LogP contribution in [0.2, 0.25) is 0 Å². The molecule has 1 aromatic heterocycles. The van der Waals surface area contributed by atoms with E-state index in [0.29, 0.717) is 18.3 Å². The van der Waals surface area contributed by atoms with E-state index in [1.165, 1.54) is 12.8 Å². The molecular weight excluding hydrogens is 280 g/mol. The van der Waals surface area contributed by atoms with Crippen LogP contribution >= 0.6 is 0 Å². The Kier molecular flexibility index (Phi) is 4.90. The number of morpholine rings is 1. The lowest BCUT2D eigenvalue weighted by Crippen LogP contribution is -2.49. The number of aromatic nitrogens is 1. The molecule has 0 radical (unpaired) electrons. The van der Waals surface area contributed by atoms with Crippen molar-refractivity contribution >= 4 is 11.8 Å². The van der Waals surface area contributed by atoms with Crippen LogP contribution in [0.4, 0.5) is 10.6 Å². The fraction of sp³-hybridized carbons (Fsp3) is 0.625. The van der Waals surface area contributed by atoms with Crippen LogP contribution in [-0.2, 0) is 4.74 Å². The van der Waals surface area contributed by atoms with Crippen molar-refractivity contribution in [3.05, 3.63) is 24.4 Å². The van der Waals surface area contributed by atoms with Gasteiger partial charge in [0.25, 0.3) is 0 Å². The summed E-state index contributed by atoms with van der Waals surface area (Å²) in [6.45, 7) is 4.01. The standard InChI is InChI=1S/C16H24N4O2/c1-19-8-9-22-14(11-19)12-20(10-13-5-6-13)16(21)18-15-4-2-3-7-17-15/h2-4,7,13-14H,5-6,8-12H2,1H3,(H,17,18,21)/t14-/m1/s1. The number of urea groups is 1. The third kappa shape index (κ3) is 4.42. The zero-order valence-corrected chi connectivity index (χ0v) is 13.1. The molecule has 6 heteroatoms. The van der Waals surface area contributed by atoms with Crippen molar-refractivity contribution in [3.8, 4) is 0 Å². The summed E-state index contributed by atoms with van der Waals surface area (Å²) in [6.07, 6.45) is 4.21. The lowest BCUT2D eigenvalue weighted by Gasteiger charge is -2.34. The van der Waals surface area contributed by atoms with Crippen LogP contribution < -0.4 is 5.32 Å². The Hall–Kier alpha value is -1.66. The maximum absolute atomic E-state index is 12.5. The average molecular weight is 304 g/mol. The number of anilines is 1. The number of hydrogen-bond acceptors (Lipinski definition) is 4. The molecule has 0 spiro atoms. The number of carbonyl (C=O) groups is 1. The van der Waals surface area contributed by atoms with Gasteiger partial charge in [0, 0.05) is 32.4 Å². The summed E-state index contributed by atoms with van der Waals surface area (Å²) < 4.78 is 5.80. The predicted molar refractivity (Wildman–Crippen MR) is 84.8 cm³/mol. The Labute approximate surface area is 131 Å². The molecule has 0 bridgehead atoms. The number of nitrogens with one attached hydrogen (secondary N) is 1. The highest BCUT2D eigenvalue weighted by atomic mass is 16.5. The molecule has 1 atom stereocenters. The van der Waals surface area contributed by atoms with Crippen molar-refractivity contribution < 1.29 is 9.53 Å². The van der Waals surface area contributed by atoms with Crippen LogP contribution in [-0.4, -0.2) is 66.8 Å². The van der Waals surface area contributed by atoms with Gasteiger partial charge in [-0.1, -0.05) is 6.07 Å². The predicted octanol–water partition coefficient (Wildman–Crippen LogP) is 1.66. The maximum atomic E-state index is 12.5. The third-order valence-corrected chi connectivity index (χ3v) is 4.13. The van der Waals surface area contributed by atoms with E-state index in [2.05, 4.69) is 22.2 Å². The fourth-order valence-corrected chi connectivity index (χ4v) is 2.70. The SMILES string of the molecule is CN1CCO[C@@H](CN(CC2CC2)C(=O)Nc2ccccn2)C1. The molecule has 3 rings (SSSR count). The highest BCUT2D eigenvalue weighted by Crippen LogP contribution is 2.30. The topological polar surface area (TPSA) is 57.7 Å². The molecule has 2 fully saturated rings. The highest BCUT2D eigenvalue weighted by Gasteiger charge is 2.29. The van der Waals surface area contributed by atoms with E-state index in [1.807, 2.05) is 17.0 Å². The summed E-state index contributed by atoms with van der Waals surface area (Å²) in [5.41, 5.74) is 0. The first-order valence-electron chi connectivity index (χ1n) is 7.98. The van der Waals surface area contributed by atoms with Crippen molar-refractivity contribution in [2.45, 2.75) is 18.9 Å². The van der Waals surface area contributed by atoms with E-state index in [4.69, 9.17) is 4.74 Å². The molecule has 1 saturated carbocycles. The number of pyridine rings is 1. The van der Waals surface area contributed by atoms with Crippen LogP contribution in [0.5, 0.6) is 0 Å². The molecule has 0 unspecified atom stereocenters. The van der Waals surface area contributed by atoms with Crippen LogP contribution in [0.3, 0.4) is 0 Å². The monoisotopic (exact) mass is 304 g/mol. The molecule has 1 N–H and O–H groups in total. The summed E-state index contributed by atoms with van der Waals surface area (Å²) >= 11 is 0. The minimum absolute atomic E-state index is 0.0811. The molecule has 2 amide bonds. The number of amides is 2. The fourth-order valence-electron chi connectivity index (χ4n) is 2.70. The highest BCUT2D eigenvalue weighted by molar-refractivity contribution is 5.88. The minimum Gasteiger partial charge on any atom is -0.374 e. The van der Waals surface area contributed by atoms with Gasteiger partial charge in [-0.2, -0.15) is 0 Å². The third-order valence-electron chi connectivity index (χ3n) is 4.13. The largest absolute Gasteiger partial charge is 0.374 e. The summed E-state index contributed by atoms with van der Waals surface area (Å²) in [7, 11) is 2.09. The van der Waals surface area contributed by atoms with Gasteiger partial charge in [-0.25, -0.2) is 9.78 Å². The number of likely N-dealkylation sites (N-methyl/N-ethyl adjacent to an activating group) is 1. The Morgan fingerprint density at radius 2 is 2.32 bits per heavy atom. The lowest BCUT2D eigenvalue weighted by atomic mass is 10.2. The van der Waals surface area contributed by atoms with E-state index in [0.717, 1.165) is 26.2 Å². The Bertz CT molecular complexity index is 492. The van der Waals surface area contributed by atoms with Gasteiger partial charge >= 0.3 is 6.03 Å². The normalized spacial score (nSPS) is 22.3. The van der Waals surface area contributed by atoms with Gasteiger partial charge in [0.2, 0.25) is 0 Å². The zero-order chi connectivity index (χ0) is 15.4. The molecule has 22 heavy (non-hydrogen) atoms. The summed E-state index contributed by atoms with van der Waals surface area (Å²) in [5, 5.41) is 2.88. The first-order valence-corrected chi connectivity index (χ1v) is 7.98. The summed E-state index contributed by atoms with van der Waals surface area (Å²) in [6, 6.07) is 5.43. The summed E-state index contributed by atoms with van der Waals surface area (Å²) in [5.74, 6) is 1.24. The van der Waals surface area contributed by atoms with E-state index in [1.54, 1.807) is 12.3 Å². The van der Waals surface area contributed by atoms with Crippen molar-refractivity contribution in [3.63, 3.8) is 0 Å². The van der Waals surface area contributed by atoms with Gasteiger partial charge in [-0.3, -0.25) is 5.32 Å². The maximum Gasteiger partial charge on any atom is 0.323 e. The quantitative estimate of drug-likeness (QED) is 0.899. The van der Waals surface area contributed by atoms with E-state index in [9.17, 15) is 4.79 Å². The molecule has 1 aliphatic carbocycles. The van der Waals surface area contributed by atoms with Gasteiger partial charge < -0.3 is 14.5 Å². The second kappa shape index (κ2) is 7.07. The molecule has 1 aliphatic heterocycles. The van der Waals surface area contributed by atoms with Crippen LogP contribution in [0.15, 0.2) is 24.4 Å². The van der Waals surface area contributed by atoms with Gasteiger partial charge in [0.05, 0.1) is 12.7 Å². The smallest absolute Gasteiger partial charge is 0.323 e. The number of hydrogen-bond donors (Lipinski definition) is 1. The second-order valence-electron chi connectivity index (χ2n) is 6.25. The zero-order valence-electron chi connectivity index (χ0n) is 13.1. The first-order chi connectivity index (χ1) is 10.7. The first kappa shape index (κ1) is 15.2. The Morgan fingerprint density at radius 1 is 1.45 bits per heavy atom. The van der Waals surface area contributed by atoms with Gasteiger partial charge in [-0.05, 0) is 37.9 Å². The molecular formula is C16H24N4O2. The summed E-state index contributed by atoms with van der Waals surface area (Å²) in [4.78, 5) is 20.8. The molecule has 2 aliphatic rings. The van der Waals surface area contributed by atoms with E-state index in [-0.39, 0.29) is 12.1 Å². The van der Waals surface area contributed by atoms with Crippen LogP contribution in [0, 0.1) is 5.92 Å². The second-order valence-corrected chi connectivity index (χ2v) is 6.25. The van der Waals surface area contributed by atoms with Crippen molar-refractivity contribution in [1.82, 2.24) is 14.8 Å².